The zero-order valence-corrected chi connectivity index (χ0v) is 11.9. The van der Waals surface area contributed by atoms with E-state index in [1.807, 2.05) is 17.2 Å². The molecule has 3 rings (SSSR count). The van der Waals surface area contributed by atoms with Gasteiger partial charge in [-0.1, -0.05) is 6.07 Å². The molecule has 2 fully saturated rings. The van der Waals surface area contributed by atoms with Crippen molar-refractivity contribution in [1.82, 2.24) is 9.88 Å². The van der Waals surface area contributed by atoms with Gasteiger partial charge in [0.2, 0.25) is 5.91 Å². The van der Waals surface area contributed by atoms with Crippen molar-refractivity contribution in [2.75, 3.05) is 37.7 Å². The van der Waals surface area contributed by atoms with Crippen LogP contribution in [0.3, 0.4) is 0 Å². The normalized spacial score (nSPS) is 23.1. The van der Waals surface area contributed by atoms with Gasteiger partial charge >= 0.3 is 0 Å². The fourth-order valence-electron chi connectivity index (χ4n) is 3.18. The highest BCUT2D eigenvalue weighted by Gasteiger charge is 2.31. The first-order valence-electron chi connectivity index (χ1n) is 7.32. The Morgan fingerprint density at radius 2 is 2.15 bits per heavy atom. The van der Waals surface area contributed by atoms with Crippen LogP contribution in [0.25, 0.3) is 0 Å². The number of anilines is 1. The molecule has 5 nitrogen and oxygen atoms in total. The minimum Gasteiger partial charge on any atom is -0.378 e. The molecule has 0 aromatic carbocycles. The Bertz CT molecular complexity index is 486. The maximum absolute atomic E-state index is 11.8. The number of carbonyl (C=O) groups is 1. The zero-order valence-electron chi connectivity index (χ0n) is 11.9. The van der Waals surface area contributed by atoms with Gasteiger partial charge in [0.05, 0.1) is 19.3 Å². The summed E-state index contributed by atoms with van der Waals surface area (Å²) in [6.07, 6.45) is 3.94. The van der Waals surface area contributed by atoms with Crippen molar-refractivity contribution in [2.24, 2.45) is 0 Å². The molecule has 1 atom stereocenters. The average molecular weight is 275 g/mol. The highest BCUT2D eigenvalue weighted by molar-refractivity contribution is 5.74. The zero-order chi connectivity index (χ0) is 13.9. The van der Waals surface area contributed by atoms with Gasteiger partial charge in [0.25, 0.3) is 0 Å². The summed E-state index contributed by atoms with van der Waals surface area (Å²) in [6, 6.07) is 4.26. The highest BCUT2D eigenvalue weighted by Crippen LogP contribution is 2.36. The van der Waals surface area contributed by atoms with E-state index in [1.54, 1.807) is 6.92 Å². The first kappa shape index (κ1) is 13.4. The third-order valence-corrected chi connectivity index (χ3v) is 4.14. The van der Waals surface area contributed by atoms with Crippen LogP contribution >= 0.6 is 0 Å². The molecule has 108 valence electrons. The summed E-state index contributed by atoms with van der Waals surface area (Å²) in [4.78, 5) is 20.6. The lowest BCUT2D eigenvalue weighted by Crippen LogP contribution is -2.38. The van der Waals surface area contributed by atoms with Gasteiger partial charge in [0, 0.05) is 38.3 Å². The summed E-state index contributed by atoms with van der Waals surface area (Å²) in [7, 11) is 0. The average Bonchev–Trinajstić information content (AvgIpc) is 2.98. The molecular formula is C15H21N3O2. The number of pyridine rings is 1. The fraction of sp³-hybridized carbons (Fsp3) is 0.600. The quantitative estimate of drug-likeness (QED) is 0.822. The van der Waals surface area contributed by atoms with E-state index < -0.39 is 0 Å². The number of amides is 1. The number of hydrogen-bond acceptors (Lipinski definition) is 4. The molecule has 20 heavy (non-hydrogen) atoms. The molecule has 0 bridgehead atoms. The summed E-state index contributed by atoms with van der Waals surface area (Å²) < 4.78 is 5.41. The largest absolute Gasteiger partial charge is 0.378 e. The molecule has 3 heterocycles. The number of nitrogens with zero attached hydrogens (tertiary/aromatic N) is 3. The van der Waals surface area contributed by atoms with E-state index in [9.17, 15) is 4.79 Å². The Labute approximate surface area is 119 Å². The van der Waals surface area contributed by atoms with Crippen LogP contribution in [0.4, 0.5) is 5.82 Å². The van der Waals surface area contributed by atoms with E-state index >= 15 is 0 Å². The third kappa shape index (κ3) is 2.50. The second-order valence-corrected chi connectivity index (χ2v) is 5.39. The molecule has 2 saturated heterocycles. The lowest BCUT2D eigenvalue weighted by atomic mass is 10.0. The van der Waals surface area contributed by atoms with Crippen LogP contribution in [0.5, 0.6) is 0 Å². The van der Waals surface area contributed by atoms with Crippen LogP contribution in [0.15, 0.2) is 18.3 Å². The Balaban J connectivity index is 1.90. The van der Waals surface area contributed by atoms with Crippen LogP contribution in [0.1, 0.15) is 31.4 Å². The molecule has 0 unspecified atom stereocenters. The highest BCUT2D eigenvalue weighted by atomic mass is 16.5. The second kappa shape index (κ2) is 5.79. The van der Waals surface area contributed by atoms with Crippen molar-refractivity contribution in [3.63, 3.8) is 0 Å². The minimum atomic E-state index is 0.157. The lowest BCUT2D eigenvalue weighted by Gasteiger charge is -2.32. The maximum atomic E-state index is 11.8. The monoisotopic (exact) mass is 275 g/mol. The summed E-state index contributed by atoms with van der Waals surface area (Å²) >= 11 is 0. The van der Waals surface area contributed by atoms with E-state index in [2.05, 4.69) is 16.0 Å². The van der Waals surface area contributed by atoms with Crippen molar-refractivity contribution in [3.8, 4) is 0 Å². The Hall–Kier alpha value is -1.62. The molecule has 0 saturated carbocycles. The van der Waals surface area contributed by atoms with Gasteiger partial charge in [0.15, 0.2) is 0 Å². The van der Waals surface area contributed by atoms with Crippen LogP contribution in [-0.4, -0.2) is 48.6 Å². The first-order chi connectivity index (χ1) is 9.77. The Kier molecular flexibility index (Phi) is 3.87. The third-order valence-electron chi connectivity index (χ3n) is 4.14. The molecule has 5 heteroatoms. The molecule has 1 amide bonds. The number of carbonyl (C=O) groups excluding carboxylic acids is 1. The predicted octanol–water partition coefficient (Wildman–Crippen LogP) is 1.60. The summed E-state index contributed by atoms with van der Waals surface area (Å²) in [5, 5.41) is 0. The Morgan fingerprint density at radius 3 is 2.90 bits per heavy atom. The predicted molar refractivity (Wildman–Crippen MR) is 76.6 cm³/mol. The fourth-order valence-corrected chi connectivity index (χ4v) is 3.18. The first-order valence-corrected chi connectivity index (χ1v) is 7.32. The van der Waals surface area contributed by atoms with Crippen LogP contribution in [-0.2, 0) is 9.53 Å². The van der Waals surface area contributed by atoms with E-state index in [0.29, 0.717) is 0 Å². The van der Waals surface area contributed by atoms with Gasteiger partial charge < -0.3 is 14.5 Å². The Morgan fingerprint density at radius 1 is 1.35 bits per heavy atom. The second-order valence-electron chi connectivity index (χ2n) is 5.39. The van der Waals surface area contributed by atoms with Gasteiger partial charge in [-0.05, 0) is 18.9 Å². The van der Waals surface area contributed by atoms with E-state index in [0.717, 1.165) is 51.5 Å². The summed E-state index contributed by atoms with van der Waals surface area (Å²) in [5.74, 6) is 1.18. The molecule has 1 aromatic heterocycles. The number of ether oxygens (including phenoxy) is 1. The molecule has 2 aliphatic heterocycles. The number of morpholine rings is 1. The number of aromatic nitrogens is 1. The summed E-state index contributed by atoms with van der Waals surface area (Å²) in [5.41, 5.74) is 1.18. The van der Waals surface area contributed by atoms with Gasteiger partial charge in [-0.25, -0.2) is 4.98 Å². The van der Waals surface area contributed by atoms with Crippen LogP contribution in [0, 0.1) is 0 Å². The van der Waals surface area contributed by atoms with Crippen LogP contribution < -0.4 is 4.90 Å². The number of likely N-dealkylation sites (tertiary alicyclic amines) is 1. The molecule has 1 aromatic rings. The standard InChI is InChI=1S/C15H21N3O2/c1-12(19)18-7-3-5-14(18)13-4-2-6-16-15(13)17-8-10-20-11-9-17/h2,4,6,14H,3,5,7-11H2,1H3/t14-/m0/s1. The SMILES string of the molecule is CC(=O)N1CCC[C@H]1c1cccnc1N1CCOCC1. The molecule has 0 aliphatic carbocycles. The molecule has 0 spiro atoms. The molecule has 0 N–H and O–H groups in total. The van der Waals surface area contributed by atoms with Crippen molar-refractivity contribution in [3.05, 3.63) is 23.9 Å². The maximum Gasteiger partial charge on any atom is 0.219 e. The minimum absolute atomic E-state index is 0.157. The van der Waals surface area contributed by atoms with E-state index in [1.165, 1.54) is 5.56 Å². The van der Waals surface area contributed by atoms with Gasteiger partial charge in [0.1, 0.15) is 5.82 Å². The topological polar surface area (TPSA) is 45.7 Å². The molecule has 0 radical (unpaired) electrons. The van der Waals surface area contributed by atoms with Crippen molar-refractivity contribution < 1.29 is 9.53 Å². The molecular weight excluding hydrogens is 254 g/mol. The van der Waals surface area contributed by atoms with E-state index in [-0.39, 0.29) is 11.9 Å². The van der Waals surface area contributed by atoms with Gasteiger partial charge in [-0.3, -0.25) is 4.79 Å². The smallest absolute Gasteiger partial charge is 0.219 e. The van der Waals surface area contributed by atoms with Crippen LogP contribution in [0.2, 0.25) is 0 Å². The summed E-state index contributed by atoms with van der Waals surface area (Å²) in [6.45, 7) is 5.75. The van der Waals surface area contributed by atoms with Crippen molar-refractivity contribution >= 4 is 11.7 Å². The van der Waals surface area contributed by atoms with Gasteiger partial charge in [-0.15, -0.1) is 0 Å². The van der Waals surface area contributed by atoms with E-state index in [4.69, 9.17) is 4.74 Å². The number of hydrogen-bond donors (Lipinski definition) is 0. The number of rotatable bonds is 2. The van der Waals surface area contributed by atoms with Crippen molar-refractivity contribution in [2.45, 2.75) is 25.8 Å². The lowest BCUT2D eigenvalue weighted by molar-refractivity contribution is -0.129. The molecule has 2 aliphatic rings. The van der Waals surface area contributed by atoms with Crippen molar-refractivity contribution in [1.29, 1.82) is 0 Å². The van der Waals surface area contributed by atoms with Gasteiger partial charge in [-0.2, -0.15) is 0 Å².